The maximum atomic E-state index is 12.0. The van der Waals surface area contributed by atoms with Gasteiger partial charge in [-0.1, -0.05) is 42.5 Å². The van der Waals surface area contributed by atoms with Gasteiger partial charge in [-0.05, 0) is 16.3 Å². The van der Waals surface area contributed by atoms with Gasteiger partial charge in [0.15, 0.2) is 6.10 Å². The summed E-state index contributed by atoms with van der Waals surface area (Å²) in [5, 5.41) is 2.80. The van der Waals surface area contributed by atoms with Gasteiger partial charge in [0.1, 0.15) is 0 Å². The highest BCUT2D eigenvalue weighted by molar-refractivity contribution is 6.00. The second kappa shape index (κ2) is 6.80. The zero-order valence-electron chi connectivity index (χ0n) is 13.2. The van der Waals surface area contributed by atoms with Crippen molar-refractivity contribution >= 4 is 28.6 Å². The molecule has 0 unspecified atom stereocenters. The molecule has 1 atom stereocenters. The van der Waals surface area contributed by atoms with E-state index in [9.17, 15) is 14.4 Å². The van der Waals surface area contributed by atoms with Crippen LogP contribution < -0.4 is 0 Å². The van der Waals surface area contributed by atoms with Crippen molar-refractivity contribution in [3.05, 3.63) is 48.0 Å². The molecule has 6 nitrogen and oxygen atoms in total. The Bertz CT molecular complexity index is 785. The number of hydrogen-bond acceptors (Lipinski definition) is 5. The second-order valence-corrected chi connectivity index (χ2v) is 5.58. The fourth-order valence-electron chi connectivity index (χ4n) is 2.68. The number of nitrogens with zero attached hydrogens (tertiary/aromatic N) is 1. The highest BCUT2D eigenvalue weighted by Crippen LogP contribution is 2.20. The number of imide groups is 1. The molecule has 0 spiro atoms. The first-order chi connectivity index (χ1) is 11.6. The van der Waals surface area contributed by atoms with Crippen molar-refractivity contribution in [2.75, 3.05) is 7.11 Å². The molecule has 2 aromatic carbocycles. The molecule has 1 fully saturated rings. The number of fused-ring (bicyclic) bond motifs is 1. The van der Waals surface area contributed by atoms with Crippen LogP contribution in [0.4, 0.5) is 0 Å². The molecule has 2 amide bonds. The van der Waals surface area contributed by atoms with Crippen LogP contribution in [0.2, 0.25) is 0 Å². The van der Waals surface area contributed by atoms with Crippen LogP contribution in [0.25, 0.3) is 10.8 Å². The van der Waals surface area contributed by atoms with E-state index in [1.807, 2.05) is 42.5 Å². The van der Waals surface area contributed by atoms with Crippen molar-refractivity contribution in [2.24, 2.45) is 0 Å². The third kappa shape index (κ3) is 3.28. The summed E-state index contributed by atoms with van der Waals surface area (Å²) in [6.45, 7) is 0. The van der Waals surface area contributed by atoms with Crippen molar-refractivity contribution in [2.45, 2.75) is 25.4 Å². The van der Waals surface area contributed by atoms with Crippen molar-refractivity contribution < 1.29 is 24.0 Å². The van der Waals surface area contributed by atoms with Crippen molar-refractivity contribution in [1.29, 1.82) is 0 Å². The van der Waals surface area contributed by atoms with Crippen LogP contribution in [0, 0.1) is 0 Å². The van der Waals surface area contributed by atoms with Crippen LogP contribution in [0.1, 0.15) is 18.4 Å². The lowest BCUT2D eigenvalue weighted by Crippen LogP contribution is -2.39. The molecule has 1 aliphatic heterocycles. The first-order valence-electron chi connectivity index (χ1n) is 7.66. The summed E-state index contributed by atoms with van der Waals surface area (Å²) in [5.41, 5.74) is 0.850. The Balaban J connectivity index is 1.81. The van der Waals surface area contributed by atoms with E-state index in [0.717, 1.165) is 16.3 Å². The Kier molecular flexibility index (Phi) is 4.57. The lowest BCUT2D eigenvalue weighted by Gasteiger charge is -2.20. The molecule has 1 heterocycles. The molecule has 3 rings (SSSR count). The SMILES string of the molecule is COC(=O)[C@H](Cc1ccc2ccccc2c1)ON1C(=O)CCC1=O. The minimum Gasteiger partial charge on any atom is -0.467 e. The smallest absolute Gasteiger partial charge is 0.338 e. The van der Waals surface area contributed by atoms with Crippen LogP contribution in [0.15, 0.2) is 42.5 Å². The maximum Gasteiger partial charge on any atom is 0.338 e. The van der Waals surface area contributed by atoms with Gasteiger partial charge >= 0.3 is 5.97 Å². The van der Waals surface area contributed by atoms with Gasteiger partial charge in [0.2, 0.25) is 0 Å². The van der Waals surface area contributed by atoms with Gasteiger partial charge in [-0.2, -0.15) is 5.06 Å². The van der Waals surface area contributed by atoms with Crippen LogP contribution in [0.5, 0.6) is 0 Å². The Labute approximate surface area is 138 Å². The molecule has 1 aliphatic rings. The van der Waals surface area contributed by atoms with Crippen LogP contribution in [0.3, 0.4) is 0 Å². The molecule has 0 radical (unpaired) electrons. The Morgan fingerprint density at radius 2 is 1.75 bits per heavy atom. The lowest BCUT2D eigenvalue weighted by atomic mass is 10.0. The Hall–Kier alpha value is -2.73. The molecule has 0 aliphatic carbocycles. The van der Waals surface area contributed by atoms with Gasteiger partial charge in [0.25, 0.3) is 11.8 Å². The fourth-order valence-corrected chi connectivity index (χ4v) is 2.68. The molecule has 2 aromatic rings. The van der Waals surface area contributed by atoms with Crippen molar-refractivity contribution in [3.8, 4) is 0 Å². The molecule has 0 N–H and O–H groups in total. The van der Waals surface area contributed by atoms with E-state index in [-0.39, 0.29) is 19.3 Å². The average Bonchev–Trinajstić information content (AvgIpc) is 2.92. The van der Waals surface area contributed by atoms with Crippen LogP contribution in [-0.4, -0.2) is 36.1 Å². The number of carbonyl (C=O) groups excluding carboxylic acids is 3. The molecular weight excluding hydrogens is 310 g/mol. The number of benzene rings is 2. The summed E-state index contributed by atoms with van der Waals surface area (Å²) < 4.78 is 4.74. The van der Waals surface area contributed by atoms with E-state index in [1.165, 1.54) is 7.11 Å². The second-order valence-electron chi connectivity index (χ2n) is 5.58. The van der Waals surface area contributed by atoms with E-state index in [0.29, 0.717) is 5.06 Å². The number of amides is 2. The average molecular weight is 327 g/mol. The van der Waals surface area contributed by atoms with E-state index < -0.39 is 23.9 Å². The largest absolute Gasteiger partial charge is 0.467 e. The minimum absolute atomic E-state index is 0.0999. The molecule has 1 saturated heterocycles. The molecule has 6 heteroatoms. The van der Waals surface area contributed by atoms with E-state index >= 15 is 0 Å². The highest BCUT2D eigenvalue weighted by atomic mass is 16.7. The standard InChI is InChI=1S/C18H17NO5/c1-23-18(22)15(24-19-16(20)8-9-17(19)21)11-12-6-7-13-4-2-3-5-14(13)10-12/h2-7,10,15H,8-9,11H2,1H3/t15-/m0/s1. The zero-order valence-corrected chi connectivity index (χ0v) is 13.2. The quantitative estimate of drug-likeness (QED) is 0.620. The monoisotopic (exact) mass is 327 g/mol. The maximum absolute atomic E-state index is 12.0. The van der Waals surface area contributed by atoms with E-state index in [4.69, 9.17) is 9.57 Å². The van der Waals surface area contributed by atoms with Gasteiger partial charge in [-0.25, -0.2) is 9.63 Å². The first kappa shape index (κ1) is 16.1. The normalized spacial score (nSPS) is 15.8. The number of rotatable bonds is 5. The van der Waals surface area contributed by atoms with Gasteiger partial charge < -0.3 is 4.74 Å². The van der Waals surface area contributed by atoms with Gasteiger partial charge in [-0.15, -0.1) is 0 Å². The van der Waals surface area contributed by atoms with Crippen molar-refractivity contribution in [3.63, 3.8) is 0 Å². The molecular formula is C18H17NO5. The summed E-state index contributed by atoms with van der Waals surface area (Å²) in [7, 11) is 1.24. The molecule has 24 heavy (non-hydrogen) atoms. The highest BCUT2D eigenvalue weighted by Gasteiger charge is 2.35. The third-order valence-electron chi connectivity index (χ3n) is 3.94. The molecule has 0 saturated carbocycles. The summed E-state index contributed by atoms with van der Waals surface area (Å²) in [6, 6.07) is 13.6. The predicted molar refractivity (Wildman–Crippen MR) is 85.6 cm³/mol. The zero-order chi connectivity index (χ0) is 17.1. The fraction of sp³-hybridized carbons (Fsp3) is 0.278. The van der Waals surface area contributed by atoms with Gasteiger partial charge in [0, 0.05) is 19.3 Å². The van der Waals surface area contributed by atoms with Crippen molar-refractivity contribution in [1.82, 2.24) is 5.06 Å². The van der Waals surface area contributed by atoms with Crippen LogP contribution in [-0.2, 0) is 30.4 Å². The number of hydrogen-bond donors (Lipinski definition) is 0. The molecule has 0 bridgehead atoms. The summed E-state index contributed by atoms with van der Waals surface area (Å²) >= 11 is 0. The predicted octanol–water partition coefficient (Wildman–Crippen LogP) is 2.00. The lowest BCUT2D eigenvalue weighted by molar-refractivity contribution is -0.209. The number of ether oxygens (including phenoxy) is 1. The minimum atomic E-state index is -1.05. The number of hydroxylamine groups is 2. The molecule has 124 valence electrons. The van der Waals surface area contributed by atoms with Gasteiger partial charge in [-0.3, -0.25) is 9.59 Å². The van der Waals surface area contributed by atoms with E-state index in [2.05, 4.69) is 0 Å². The first-order valence-corrected chi connectivity index (χ1v) is 7.66. The van der Waals surface area contributed by atoms with Crippen LogP contribution >= 0.6 is 0 Å². The Morgan fingerprint density at radius 1 is 1.08 bits per heavy atom. The number of methoxy groups -OCH3 is 1. The van der Waals surface area contributed by atoms with Gasteiger partial charge in [0.05, 0.1) is 7.11 Å². The third-order valence-corrected chi connectivity index (χ3v) is 3.94. The summed E-state index contributed by atoms with van der Waals surface area (Å²) in [4.78, 5) is 40.7. The van der Waals surface area contributed by atoms with E-state index in [1.54, 1.807) is 0 Å². The topological polar surface area (TPSA) is 72.9 Å². The summed E-state index contributed by atoms with van der Waals surface area (Å²) in [6.07, 6.45) is -0.651. The molecule has 0 aromatic heterocycles. The Morgan fingerprint density at radius 3 is 2.42 bits per heavy atom. The number of carbonyl (C=O) groups is 3. The number of esters is 1. The summed E-state index contributed by atoms with van der Waals surface area (Å²) in [5.74, 6) is -1.50.